The average Bonchev–Trinajstić information content (AvgIpc) is 3.47. The van der Waals surface area contributed by atoms with Crippen LogP contribution >= 0.6 is 0 Å². The van der Waals surface area contributed by atoms with Crippen LogP contribution in [0.1, 0.15) is 44.6 Å². The highest BCUT2D eigenvalue weighted by molar-refractivity contribution is 5.94. The molecule has 1 aromatic heterocycles. The zero-order valence-corrected chi connectivity index (χ0v) is 19.3. The van der Waals surface area contributed by atoms with Crippen molar-refractivity contribution in [2.24, 2.45) is 0 Å². The van der Waals surface area contributed by atoms with Gasteiger partial charge in [-0.3, -0.25) is 4.98 Å². The van der Waals surface area contributed by atoms with E-state index in [-0.39, 0.29) is 0 Å². The SMILES string of the molecule is c1ccc2c(c1)Cc1c-2ccc2c1Cc1ccnc3c1N2c1ccc2c(c1C3)Cc1ccccc1-2. The molecular weight excluding hydrogens is 424 g/mol. The largest absolute Gasteiger partial charge is 0.308 e. The van der Waals surface area contributed by atoms with Crippen LogP contribution in [0.3, 0.4) is 0 Å². The van der Waals surface area contributed by atoms with Crippen molar-refractivity contribution in [2.75, 3.05) is 4.90 Å². The molecule has 0 atom stereocenters. The first-order chi connectivity index (χ1) is 17.3. The summed E-state index contributed by atoms with van der Waals surface area (Å²) >= 11 is 0. The second-order valence-electron chi connectivity index (χ2n) is 10.3. The smallest absolute Gasteiger partial charge is 0.0716 e. The van der Waals surface area contributed by atoms with Crippen LogP contribution < -0.4 is 4.90 Å². The van der Waals surface area contributed by atoms with Crippen LogP contribution in [0.5, 0.6) is 0 Å². The van der Waals surface area contributed by atoms with Crippen molar-refractivity contribution in [1.82, 2.24) is 4.98 Å². The number of rotatable bonds is 0. The summed E-state index contributed by atoms with van der Waals surface area (Å²) < 4.78 is 0. The molecule has 0 spiro atoms. The van der Waals surface area contributed by atoms with Crippen LogP contribution in [-0.2, 0) is 25.7 Å². The Labute approximate surface area is 204 Å². The Hall–Kier alpha value is -4.17. The fraction of sp³-hybridized carbons (Fsp3) is 0.121. The van der Waals surface area contributed by atoms with Crippen LogP contribution in [-0.4, -0.2) is 4.98 Å². The lowest BCUT2D eigenvalue weighted by Gasteiger charge is -2.40. The van der Waals surface area contributed by atoms with Gasteiger partial charge in [0.2, 0.25) is 0 Å². The van der Waals surface area contributed by atoms with Gasteiger partial charge in [-0.15, -0.1) is 0 Å². The highest BCUT2D eigenvalue weighted by atomic mass is 15.2. The third-order valence-corrected chi connectivity index (χ3v) is 8.66. The minimum absolute atomic E-state index is 0.915. The Morgan fingerprint density at radius 1 is 0.486 bits per heavy atom. The molecule has 3 heterocycles. The van der Waals surface area contributed by atoms with E-state index in [0.717, 1.165) is 25.7 Å². The molecule has 2 heteroatoms. The van der Waals surface area contributed by atoms with Gasteiger partial charge in [0.05, 0.1) is 22.8 Å². The van der Waals surface area contributed by atoms with Crippen LogP contribution in [0.4, 0.5) is 17.1 Å². The number of aromatic nitrogens is 1. The van der Waals surface area contributed by atoms with Crippen molar-refractivity contribution < 1.29 is 0 Å². The van der Waals surface area contributed by atoms with Gasteiger partial charge in [-0.05, 0) is 92.2 Å². The number of benzene rings is 4. The number of nitrogens with zero attached hydrogens (tertiary/aromatic N) is 2. The molecule has 2 nitrogen and oxygen atoms in total. The summed E-state index contributed by atoms with van der Waals surface area (Å²) in [6, 6.07) is 29.5. The molecule has 0 N–H and O–H groups in total. The highest BCUT2D eigenvalue weighted by Gasteiger charge is 2.37. The monoisotopic (exact) mass is 446 g/mol. The first kappa shape index (κ1) is 18.2. The molecule has 0 fully saturated rings. The van der Waals surface area contributed by atoms with E-state index in [0.29, 0.717) is 0 Å². The van der Waals surface area contributed by atoms with Gasteiger partial charge in [0.25, 0.3) is 0 Å². The molecule has 9 rings (SSSR count). The lowest BCUT2D eigenvalue weighted by molar-refractivity contribution is 0.943. The average molecular weight is 447 g/mol. The quantitative estimate of drug-likeness (QED) is 0.240. The van der Waals surface area contributed by atoms with E-state index >= 15 is 0 Å². The van der Waals surface area contributed by atoms with Gasteiger partial charge < -0.3 is 4.90 Å². The van der Waals surface area contributed by atoms with Crippen LogP contribution in [0.2, 0.25) is 0 Å². The lowest BCUT2D eigenvalue weighted by atomic mass is 9.84. The summed E-state index contributed by atoms with van der Waals surface area (Å²) in [5.41, 5.74) is 21.1. The van der Waals surface area contributed by atoms with Crippen LogP contribution in [0.15, 0.2) is 85.1 Å². The number of hydrogen-bond donors (Lipinski definition) is 0. The highest BCUT2D eigenvalue weighted by Crippen LogP contribution is 2.55. The topological polar surface area (TPSA) is 16.1 Å². The van der Waals surface area contributed by atoms with Crippen molar-refractivity contribution in [1.29, 1.82) is 0 Å². The van der Waals surface area contributed by atoms with E-state index in [9.17, 15) is 0 Å². The molecule has 0 bridgehead atoms. The summed E-state index contributed by atoms with van der Waals surface area (Å²) in [6.45, 7) is 0. The van der Waals surface area contributed by atoms with Crippen LogP contribution in [0, 0.1) is 0 Å². The molecular formula is C33H22N2. The molecule has 2 aliphatic carbocycles. The Bertz CT molecular complexity index is 1630. The van der Waals surface area contributed by atoms with E-state index in [2.05, 4.69) is 83.8 Å². The molecule has 0 radical (unpaired) electrons. The number of fused-ring (bicyclic) bond motifs is 12. The Morgan fingerprint density at radius 2 is 1.06 bits per heavy atom. The number of hydrogen-bond acceptors (Lipinski definition) is 2. The summed E-state index contributed by atoms with van der Waals surface area (Å²) in [5, 5.41) is 0. The van der Waals surface area contributed by atoms with Crippen molar-refractivity contribution >= 4 is 17.1 Å². The summed E-state index contributed by atoms with van der Waals surface area (Å²) in [4.78, 5) is 7.47. The zero-order valence-electron chi connectivity index (χ0n) is 19.3. The molecule has 0 saturated heterocycles. The van der Waals surface area contributed by atoms with Gasteiger partial charge in [-0.1, -0.05) is 60.7 Å². The van der Waals surface area contributed by atoms with Gasteiger partial charge in [-0.25, -0.2) is 0 Å². The van der Waals surface area contributed by atoms with Crippen molar-refractivity contribution in [3.63, 3.8) is 0 Å². The lowest BCUT2D eigenvalue weighted by Crippen LogP contribution is -2.26. The molecule has 164 valence electrons. The van der Waals surface area contributed by atoms with Crippen molar-refractivity contribution in [3.8, 4) is 22.3 Å². The van der Waals surface area contributed by atoms with E-state index in [1.165, 1.54) is 84.0 Å². The van der Waals surface area contributed by atoms with E-state index in [1.54, 1.807) is 0 Å². The minimum Gasteiger partial charge on any atom is -0.308 e. The first-order valence-corrected chi connectivity index (χ1v) is 12.6. The molecule has 0 unspecified atom stereocenters. The maximum absolute atomic E-state index is 4.92. The second-order valence-corrected chi connectivity index (χ2v) is 10.3. The number of pyridine rings is 1. The predicted molar refractivity (Wildman–Crippen MR) is 141 cm³/mol. The Balaban J connectivity index is 1.30. The molecule has 4 aliphatic rings. The second kappa shape index (κ2) is 6.28. The molecule has 0 saturated carbocycles. The first-order valence-electron chi connectivity index (χ1n) is 12.6. The third-order valence-electron chi connectivity index (χ3n) is 8.66. The van der Waals surface area contributed by atoms with Crippen molar-refractivity contribution in [2.45, 2.75) is 25.7 Å². The minimum atomic E-state index is 0.915. The summed E-state index contributed by atoms with van der Waals surface area (Å²) in [7, 11) is 0. The van der Waals surface area contributed by atoms with E-state index in [1.807, 2.05) is 6.20 Å². The van der Waals surface area contributed by atoms with E-state index < -0.39 is 0 Å². The third kappa shape index (κ3) is 2.23. The van der Waals surface area contributed by atoms with Gasteiger partial charge in [0, 0.05) is 19.0 Å². The van der Waals surface area contributed by atoms with E-state index in [4.69, 9.17) is 4.98 Å². The van der Waals surface area contributed by atoms with Gasteiger partial charge >= 0.3 is 0 Å². The number of anilines is 3. The maximum atomic E-state index is 4.92. The fourth-order valence-corrected chi connectivity index (χ4v) is 7.15. The summed E-state index contributed by atoms with van der Waals surface area (Å²) in [6.07, 6.45) is 5.97. The molecule has 5 aromatic rings. The van der Waals surface area contributed by atoms with Gasteiger partial charge in [0.15, 0.2) is 0 Å². The molecule has 35 heavy (non-hydrogen) atoms. The Morgan fingerprint density at radius 3 is 1.71 bits per heavy atom. The van der Waals surface area contributed by atoms with Gasteiger partial charge in [0.1, 0.15) is 0 Å². The maximum Gasteiger partial charge on any atom is 0.0716 e. The normalized spacial score (nSPS) is 14.9. The van der Waals surface area contributed by atoms with Crippen molar-refractivity contribution in [3.05, 3.63) is 130 Å². The Kier molecular flexibility index (Phi) is 3.27. The molecule has 0 amide bonds. The molecule has 4 aromatic carbocycles. The van der Waals surface area contributed by atoms with Crippen LogP contribution in [0.25, 0.3) is 22.3 Å². The zero-order chi connectivity index (χ0) is 22.7. The standard InChI is InChI=1S/C33H22N2/c1-3-7-22-19(5-1)15-26-24(22)9-11-31-28(26)17-21-13-14-34-30-18-29-27-16-20-6-2-4-8-23(20)25(27)10-12-32(29)35(31)33(21)30/h1-14H,15-18H2. The fourth-order valence-electron chi connectivity index (χ4n) is 7.15. The predicted octanol–water partition coefficient (Wildman–Crippen LogP) is 7.50. The summed E-state index contributed by atoms with van der Waals surface area (Å²) in [5.74, 6) is 0. The molecule has 2 aliphatic heterocycles. The van der Waals surface area contributed by atoms with Gasteiger partial charge in [-0.2, -0.15) is 0 Å².